The van der Waals surface area contributed by atoms with E-state index in [0.29, 0.717) is 31.7 Å². The van der Waals surface area contributed by atoms with E-state index in [4.69, 9.17) is 4.74 Å². The van der Waals surface area contributed by atoms with Crippen molar-refractivity contribution in [2.75, 3.05) is 32.1 Å². The molecule has 176 valence electrons. The molecule has 1 fully saturated rings. The maximum atomic E-state index is 13.5. The number of aryl methyl sites for hydroxylation is 1. The summed E-state index contributed by atoms with van der Waals surface area (Å²) in [5.41, 5.74) is 4.51. The lowest BCUT2D eigenvalue weighted by molar-refractivity contribution is -0.133. The number of piperazine rings is 1. The first kappa shape index (κ1) is 23.3. The molecule has 1 atom stereocenters. The number of benzene rings is 2. The molecule has 1 aliphatic rings. The molecule has 0 spiro atoms. The molecule has 2 amide bonds. The standard InChI is InChI=1S/C27H30N4O3/c1-19-7-8-22(16-25(19)29-17-23-6-4-5-13-28-23)27(33)30-14-15-31(20(2)32)26(18-30)21-9-11-24(34-3)12-10-21/h4-13,16,26,29H,14-15,17-18H2,1-3H3/t26-/m1/s1. The molecule has 0 radical (unpaired) electrons. The number of rotatable bonds is 6. The Morgan fingerprint density at radius 1 is 1.09 bits per heavy atom. The molecule has 1 aliphatic heterocycles. The van der Waals surface area contributed by atoms with Gasteiger partial charge in [0.15, 0.2) is 0 Å². The Balaban J connectivity index is 1.52. The van der Waals surface area contributed by atoms with Gasteiger partial charge in [-0.25, -0.2) is 0 Å². The van der Waals surface area contributed by atoms with Crippen LogP contribution in [0.3, 0.4) is 0 Å². The minimum atomic E-state index is -0.201. The monoisotopic (exact) mass is 458 g/mol. The van der Waals surface area contributed by atoms with Gasteiger partial charge in [0, 0.05) is 44.0 Å². The maximum absolute atomic E-state index is 13.5. The number of nitrogens with zero attached hydrogens (tertiary/aromatic N) is 3. The summed E-state index contributed by atoms with van der Waals surface area (Å²) in [6.07, 6.45) is 1.77. The SMILES string of the molecule is COc1ccc([C@H]2CN(C(=O)c3ccc(C)c(NCc4ccccn4)c3)CCN2C(C)=O)cc1. The number of hydrogen-bond acceptors (Lipinski definition) is 5. The zero-order chi connectivity index (χ0) is 24.1. The van der Waals surface area contributed by atoms with Gasteiger partial charge in [0.05, 0.1) is 25.4 Å². The predicted octanol–water partition coefficient (Wildman–Crippen LogP) is 4.06. The van der Waals surface area contributed by atoms with E-state index in [1.54, 1.807) is 20.2 Å². The van der Waals surface area contributed by atoms with Gasteiger partial charge in [-0.15, -0.1) is 0 Å². The Morgan fingerprint density at radius 2 is 1.88 bits per heavy atom. The van der Waals surface area contributed by atoms with Crippen LogP contribution >= 0.6 is 0 Å². The summed E-state index contributed by atoms with van der Waals surface area (Å²) < 4.78 is 5.26. The molecule has 3 aromatic rings. The Morgan fingerprint density at radius 3 is 2.56 bits per heavy atom. The molecule has 1 saturated heterocycles. The zero-order valence-corrected chi connectivity index (χ0v) is 19.8. The summed E-state index contributed by atoms with van der Waals surface area (Å²) in [6, 6.07) is 19.0. The van der Waals surface area contributed by atoms with Gasteiger partial charge in [-0.05, 0) is 54.4 Å². The lowest BCUT2D eigenvalue weighted by Crippen LogP contribution is -2.51. The molecule has 0 saturated carbocycles. The number of ether oxygens (including phenoxy) is 1. The summed E-state index contributed by atoms with van der Waals surface area (Å²) in [5.74, 6) is 0.721. The van der Waals surface area contributed by atoms with Gasteiger partial charge in [0.25, 0.3) is 5.91 Å². The molecular formula is C27H30N4O3. The largest absolute Gasteiger partial charge is 0.497 e. The van der Waals surface area contributed by atoms with Crippen LogP contribution in [0, 0.1) is 6.92 Å². The quantitative estimate of drug-likeness (QED) is 0.603. The highest BCUT2D eigenvalue weighted by atomic mass is 16.5. The highest BCUT2D eigenvalue weighted by Gasteiger charge is 2.32. The molecule has 34 heavy (non-hydrogen) atoms. The Labute approximate surface area is 200 Å². The number of hydrogen-bond donors (Lipinski definition) is 1. The fourth-order valence-electron chi connectivity index (χ4n) is 4.27. The fraction of sp³-hybridized carbons (Fsp3) is 0.296. The van der Waals surface area contributed by atoms with Crippen molar-refractivity contribution < 1.29 is 14.3 Å². The first-order valence-corrected chi connectivity index (χ1v) is 11.4. The first-order valence-electron chi connectivity index (χ1n) is 11.4. The highest BCUT2D eigenvalue weighted by Crippen LogP contribution is 2.28. The third-order valence-corrected chi connectivity index (χ3v) is 6.24. The van der Waals surface area contributed by atoms with Gasteiger partial charge in [-0.3, -0.25) is 14.6 Å². The van der Waals surface area contributed by atoms with E-state index in [-0.39, 0.29) is 17.9 Å². The topological polar surface area (TPSA) is 74.8 Å². The van der Waals surface area contributed by atoms with Crippen LogP contribution in [0.1, 0.15) is 40.1 Å². The van der Waals surface area contributed by atoms with Crippen LogP contribution in [0.15, 0.2) is 66.9 Å². The van der Waals surface area contributed by atoms with Gasteiger partial charge < -0.3 is 19.9 Å². The molecule has 1 N–H and O–H groups in total. The molecule has 7 nitrogen and oxygen atoms in total. The van der Waals surface area contributed by atoms with E-state index in [2.05, 4.69) is 10.3 Å². The van der Waals surface area contributed by atoms with Crippen LogP contribution in [0.5, 0.6) is 5.75 Å². The predicted molar refractivity (Wildman–Crippen MR) is 132 cm³/mol. The molecular weight excluding hydrogens is 428 g/mol. The summed E-state index contributed by atoms with van der Waals surface area (Å²) in [6.45, 7) is 5.60. The number of carbonyl (C=O) groups is 2. The fourth-order valence-corrected chi connectivity index (χ4v) is 4.27. The second-order valence-electron chi connectivity index (χ2n) is 8.46. The van der Waals surface area contributed by atoms with Crippen molar-refractivity contribution in [2.24, 2.45) is 0 Å². The van der Waals surface area contributed by atoms with Crippen LogP contribution in [0.2, 0.25) is 0 Å². The van der Waals surface area contributed by atoms with Crippen LogP contribution in [-0.2, 0) is 11.3 Å². The average molecular weight is 459 g/mol. The van der Waals surface area contributed by atoms with E-state index in [0.717, 1.165) is 28.3 Å². The summed E-state index contributed by atoms with van der Waals surface area (Å²) in [5, 5.41) is 3.40. The molecule has 2 aromatic carbocycles. The van der Waals surface area contributed by atoms with Crippen molar-refractivity contribution in [3.8, 4) is 5.75 Å². The van der Waals surface area contributed by atoms with Gasteiger partial charge >= 0.3 is 0 Å². The van der Waals surface area contributed by atoms with Gasteiger partial charge in [0.2, 0.25) is 5.91 Å². The number of methoxy groups -OCH3 is 1. The molecule has 4 rings (SSSR count). The van der Waals surface area contributed by atoms with E-state index < -0.39 is 0 Å². The number of nitrogens with one attached hydrogen (secondary N) is 1. The van der Waals surface area contributed by atoms with E-state index in [9.17, 15) is 9.59 Å². The Kier molecular flexibility index (Phi) is 7.11. The van der Waals surface area contributed by atoms with Gasteiger partial charge in [0.1, 0.15) is 5.75 Å². The molecule has 0 bridgehead atoms. The third-order valence-electron chi connectivity index (χ3n) is 6.24. The Bertz CT molecular complexity index is 1150. The Hall–Kier alpha value is -3.87. The minimum absolute atomic E-state index is 0.00395. The third kappa shape index (κ3) is 5.20. The number of carbonyl (C=O) groups excluding carboxylic acids is 2. The highest BCUT2D eigenvalue weighted by molar-refractivity contribution is 5.95. The van der Waals surface area contributed by atoms with Crippen molar-refractivity contribution in [3.05, 3.63) is 89.2 Å². The van der Waals surface area contributed by atoms with Crippen LogP contribution in [-0.4, -0.2) is 53.3 Å². The normalized spacial score (nSPS) is 15.7. The minimum Gasteiger partial charge on any atom is -0.497 e. The van der Waals surface area contributed by atoms with Gasteiger partial charge in [-0.1, -0.05) is 24.3 Å². The lowest BCUT2D eigenvalue weighted by atomic mass is 10.0. The molecule has 7 heteroatoms. The van der Waals surface area contributed by atoms with Crippen molar-refractivity contribution >= 4 is 17.5 Å². The average Bonchev–Trinajstić information content (AvgIpc) is 2.88. The van der Waals surface area contributed by atoms with E-state index >= 15 is 0 Å². The van der Waals surface area contributed by atoms with Crippen molar-refractivity contribution in [3.63, 3.8) is 0 Å². The second-order valence-corrected chi connectivity index (χ2v) is 8.46. The smallest absolute Gasteiger partial charge is 0.254 e. The summed E-state index contributed by atoms with van der Waals surface area (Å²) in [4.78, 5) is 33.8. The first-order chi connectivity index (χ1) is 16.5. The van der Waals surface area contributed by atoms with Crippen LogP contribution in [0.25, 0.3) is 0 Å². The summed E-state index contributed by atoms with van der Waals surface area (Å²) >= 11 is 0. The van der Waals surface area contributed by atoms with Gasteiger partial charge in [-0.2, -0.15) is 0 Å². The molecule has 2 heterocycles. The van der Waals surface area contributed by atoms with Crippen molar-refractivity contribution in [1.82, 2.24) is 14.8 Å². The van der Waals surface area contributed by atoms with Crippen LogP contribution < -0.4 is 10.1 Å². The lowest BCUT2D eigenvalue weighted by Gasteiger charge is -2.41. The molecule has 0 aliphatic carbocycles. The van der Waals surface area contributed by atoms with Crippen LogP contribution in [0.4, 0.5) is 5.69 Å². The van der Waals surface area contributed by atoms with Crippen molar-refractivity contribution in [1.29, 1.82) is 0 Å². The molecule has 1 aromatic heterocycles. The number of amides is 2. The maximum Gasteiger partial charge on any atom is 0.254 e. The number of anilines is 1. The molecule has 0 unspecified atom stereocenters. The second kappa shape index (κ2) is 10.4. The zero-order valence-electron chi connectivity index (χ0n) is 19.8. The number of pyridine rings is 1. The van der Waals surface area contributed by atoms with E-state index in [1.807, 2.05) is 77.4 Å². The number of aromatic nitrogens is 1. The van der Waals surface area contributed by atoms with E-state index in [1.165, 1.54) is 0 Å². The van der Waals surface area contributed by atoms with Crippen molar-refractivity contribution in [2.45, 2.75) is 26.4 Å². The summed E-state index contributed by atoms with van der Waals surface area (Å²) in [7, 11) is 1.62.